The first-order valence-electron chi connectivity index (χ1n) is 15.1. The van der Waals surface area contributed by atoms with E-state index in [1.165, 1.54) is 12.1 Å². The zero-order chi connectivity index (χ0) is 30.7. The predicted octanol–water partition coefficient (Wildman–Crippen LogP) is 4.91. The van der Waals surface area contributed by atoms with Crippen molar-refractivity contribution >= 4 is 17.9 Å². The lowest BCUT2D eigenvalue weighted by Crippen LogP contribution is -2.44. The molecule has 2 atom stereocenters. The van der Waals surface area contributed by atoms with Crippen LogP contribution in [0.25, 0.3) is 28.5 Å². The smallest absolute Gasteiger partial charge is 0.305 e. The topological polar surface area (TPSA) is 110 Å². The Balaban J connectivity index is 1.62. The quantitative estimate of drug-likeness (QED) is 0.324. The molecule has 8 nitrogen and oxygen atoms in total. The van der Waals surface area contributed by atoms with E-state index in [9.17, 15) is 19.4 Å². The van der Waals surface area contributed by atoms with Gasteiger partial charge in [-0.3, -0.25) is 9.78 Å². The molecule has 1 aliphatic carbocycles. The van der Waals surface area contributed by atoms with Crippen LogP contribution in [0.15, 0.2) is 42.5 Å². The molecule has 2 aromatic heterocycles. The van der Waals surface area contributed by atoms with E-state index in [1.807, 2.05) is 6.08 Å². The molecule has 3 heterocycles. The standard InChI is InChI=1S/C34H41FN4O4/c1-21(2)33-28(12-11-24(40)19-25(41)20-31(42)43)32(22-7-9-23(35)10-8-22)27-5-4-6-29-26(34(27)37-33)13-14-30(36-29)39-17-15-38(3)16-18-39/h7-14,21,24-25,40-41H,4-6,15-20H2,1-3H3,(H,42,43)/b12-11+/t24-,25-/m1/s1. The molecule has 228 valence electrons. The van der Waals surface area contributed by atoms with Gasteiger partial charge in [-0.05, 0) is 73.2 Å². The first-order chi connectivity index (χ1) is 20.6. The molecule has 3 aromatic rings. The summed E-state index contributed by atoms with van der Waals surface area (Å²) in [5, 5.41) is 29.7. The molecule has 9 heteroatoms. The SMILES string of the molecule is CC(C)c1nc2c(c(-c3ccc(F)cc3)c1/C=C/[C@@H](O)C[C@@H](O)CC(=O)O)CCCc1nc(N3CCN(C)CC3)ccc1-2. The molecule has 1 saturated heterocycles. The van der Waals surface area contributed by atoms with E-state index in [0.29, 0.717) is 0 Å². The van der Waals surface area contributed by atoms with Crippen LogP contribution in [0.1, 0.15) is 61.5 Å². The number of pyridine rings is 2. The van der Waals surface area contributed by atoms with Gasteiger partial charge in [0, 0.05) is 43.7 Å². The largest absolute Gasteiger partial charge is 0.481 e. The number of fused-ring (bicyclic) bond motifs is 3. The first kappa shape index (κ1) is 30.8. The number of aliphatic carboxylic acids is 1. The van der Waals surface area contributed by atoms with Crippen LogP contribution in [0.4, 0.5) is 10.2 Å². The molecule has 2 aliphatic rings. The van der Waals surface area contributed by atoms with Crippen LogP contribution in [0, 0.1) is 5.82 Å². The van der Waals surface area contributed by atoms with Gasteiger partial charge in [0.15, 0.2) is 0 Å². The Morgan fingerprint density at radius 1 is 1.02 bits per heavy atom. The number of aliphatic hydroxyl groups excluding tert-OH is 2. The lowest BCUT2D eigenvalue weighted by atomic mass is 9.86. The fraction of sp³-hybridized carbons (Fsp3) is 0.441. The summed E-state index contributed by atoms with van der Waals surface area (Å²) in [5.41, 5.74) is 7.47. The fourth-order valence-corrected chi connectivity index (χ4v) is 6.07. The summed E-state index contributed by atoms with van der Waals surface area (Å²) < 4.78 is 14.1. The van der Waals surface area contributed by atoms with Gasteiger partial charge >= 0.3 is 5.97 Å². The van der Waals surface area contributed by atoms with Crippen LogP contribution in [-0.2, 0) is 17.6 Å². The van der Waals surface area contributed by atoms with Crippen molar-refractivity contribution in [1.82, 2.24) is 14.9 Å². The Kier molecular flexibility index (Phi) is 9.54. The highest BCUT2D eigenvalue weighted by Crippen LogP contribution is 2.42. The molecule has 0 amide bonds. The Morgan fingerprint density at radius 2 is 1.74 bits per heavy atom. The molecule has 3 N–H and O–H groups in total. The Bertz CT molecular complexity index is 1480. The highest BCUT2D eigenvalue weighted by Gasteiger charge is 2.27. The van der Waals surface area contributed by atoms with Crippen LogP contribution < -0.4 is 4.90 Å². The van der Waals surface area contributed by atoms with Gasteiger partial charge in [-0.1, -0.05) is 38.1 Å². The molecule has 5 rings (SSSR count). The number of aryl methyl sites for hydroxylation is 1. The lowest BCUT2D eigenvalue weighted by Gasteiger charge is -2.33. The monoisotopic (exact) mass is 588 g/mol. The number of hydrogen-bond acceptors (Lipinski definition) is 7. The van der Waals surface area contributed by atoms with E-state index in [4.69, 9.17) is 15.1 Å². The maximum Gasteiger partial charge on any atom is 0.305 e. The van der Waals surface area contributed by atoms with Crippen LogP contribution in [0.5, 0.6) is 0 Å². The molecule has 0 saturated carbocycles. The van der Waals surface area contributed by atoms with E-state index < -0.39 is 24.6 Å². The zero-order valence-electron chi connectivity index (χ0n) is 25.1. The van der Waals surface area contributed by atoms with Gasteiger partial charge in [-0.15, -0.1) is 0 Å². The minimum Gasteiger partial charge on any atom is -0.481 e. The Morgan fingerprint density at radius 3 is 2.42 bits per heavy atom. The van der Waals surface area contributed by atoms with Crippen molar-refractivity contribution in [3.63, 3.8) is 0 Å². The number of hydrogen-bond donors (Lipinski definition) is 3. The highest BCUT2D eigenvalue weighted by molar-refractivity contribution is 5.85. The Labute approximate surface area is 252 Å². The number of piperazine rings is 1. The number of carbonyl (C=O) groups is 1. The number of benzene rings is 1. The molecule has 1 aliphatic heterocycles. The normalized spacial score (nSPS) is 17.0. The van der Waals surface area contributed by atoms with Crippen molar-refractivity contribution in [2.45, 2.75) is 64.1 Å². The van der Waals surface area contributed by atoms with Crippen molar-refractivity contribution in [2.75, 3.05) is 38.1 Å². The van der Waals surface area contributed by atoms with Crippen molar-refractivity contribution in [2.24, 2.45) is 0 Å². The van der Waals surface area contributed by atoms with E-state index in [0.717, 1.165) is 96.2 Å². The number of aliphatic hydroxyl groups is 2. The molecule has 0 radical (unpaired) electrons. The minimum absolute atomic E-state index is 0.0307. The summed E-state index contributed by atoms with van der Waals surface area (Å²) in [6.45, 7) is 8.03. The highest BCUT2D eigenvalue weighted by atomic mass is 19.1. The van der Waals surface area contributed by atoms with Gasteiger partial charge in [-0.2, -0.15) is 0 Å². The van der Waals surface area contributed by atoms with Crippen LogP contribution in [-0.4, -0.2) is 81.6 Å². The maximum absolute atomic E-state index is 14.1. The average Bonchev–Trinajstić information content (AvgIpc) is 3.14. The first-order valence-corrected chi connectivity index (χ1v) is 15.1. The molecule has 0 unspecified atom stereocenters. The summed E-state index contributed by atoms with van der Waals surface area (Å²) >= 11 is 0. The number of carboxylic acids is 1. The van der Waals surface area contributed by atoms with Gasteiger partial charge in [-0.25, -0.2) is 9.37 Å². The van der Waals surface area contributed by atoms with Crippen molar-refractivity contribution in [3.8, 4) is 22.4 Å². The number of halogens is 1. The molecule has 43 heavy (non-hydrogen) atoms. The lowest BCUT2D eigenvalue weighted by molar-refractivity contribution is -0.139. The number of anilines is 1. The Hall–Kier alpha value is -3.66. The van der Waals surface area contributed by atoms with Gasteiger partial charge in [0.1, 0.15) is 11.6 Å². The van der Waals surface area contributed by atoms with Gasteiger partial charge < -0.3 is 25.1 Å². The van der Waals surface area contributed by atoms with Gasteiger partial charge in [0.2, 0.25) is 0 Å². The molecule has 0 spiro atoms. The summed E-state index contributed by atoms with van der Waals surface area (Å²) in [5.74, 6) is -0.413. The number of rotatable bonds is 9. The fourth-order valence-electron chi connectivity index (χ4n) is 6.07. The summed E-state index contributed by atoms with van der Waals surface area (Å²) in [4.78, 5) is 26.0. The predicted molar refractivity (Wildman–Crippen MR) is 167 cm³/mol. The second-order valence-electron chi connectivity index (χ2n) is 12.0. The minimum atomic E-state index is -1.16. The van der Waals surface area contributed by atoms with Crippen molar-refractivity contribution < 1.29 is 24.5 Å². The second kappa shape index (κ2) is 13.3. The zero-order valence-corrected chi connectivity index (χ0v) is 25.1. The van der Waals surface area contributed by atoms with E-state index >= 15 is 0 Å². The van der Waals surface area contributed by atoms with Crippen LogP contribution >= 0.6 is 0 Å². The van der Waals surface area contributed by atoms with E-state index in [2.05, 4.69) is 42.8 Å². The number of nitrogens with zero attached hydrogens (tertiary/aromatic N) is 4. The maximum atomic E-state index is 14.1. The third kappa shape index (κ3) is 7.12. The van der Waals surface area contributed by atoms with Gasteiger partial charge in [0.05, 0.1) is 35.7 Å². The third-order valence-corrected chi connectivity index (χ3v) is 8.34. The molecule has 1 fully saturated rings. The summed E-state index contributed by atoms with van der Waals surface area (Å²) in [7, 11) is 2.14. The number of likely N-dealkylation sites (N-methyl/N-ethyl adjacent to an activating group) is 1. The third-order valence-electron chi connectivity index (χ3n) is 8.34. The summed E-state index contributed by atoms with van der Waals surface area (Å²) in [6.07, 6.45) is 3.11. The van der Waals surface area contributed by atoms with Crippen molar-refractivity contribution in [1.29, 1.82) is 0 Å². The van der Waals surface area contributed by atoms with E-state index in [1.54, 1.807) is 18.2 Å². The molecule has 0 bridgehead atoms. The molecular weight excluding hydrogens is 547 g/mol. The average molecular weight is 589 g/mol. The number of carboxylic acid groups (broad SMARTS) is 1. The molecule has 1 aromatic carbocycles. The van der Waals surface area contributed by atoms with Gasteiger partial charge in [0.25, 0.3) is 0 Å². The van der Waals surface area contributed by atoms with E-state index in [-0.39, 0.29) is 18.2 Å². The second-order valence-corrected chi connectivity index (χ2v) is 12.0. The molecular formula is C34H41FN4O4. The van der Waals surface area contributed by atoms with Crippen LogP contribution in [0.3, 0.4) is 0 Å². The summed E-state index contributed by atoms with van der Waals surface area (Å²) in [6, 6.07) is 10.7. The number of aromatic nitrogens is 2. The van der Waals surface area contributed by atoms with Crippen LogP contribution in [0.2, 0.25) is 0 Å². The van der Waals surface area contributed by atoms with Crippen molar-refractivity contribution in [3.05, 3.63) is 70.8 Å².